The minimum atomic E-state index is -0.437. The van der Waals surface area contributed by atoms with Crippen molar-refractivity contribution in [3.05, 3.63) is 35.9 Å². The van der Waals surface area contributed by atoms with Crippen LogP contribution in [-0.2, 0) is 16.0 Å². The van der Waals surface area contributed by atoms with E-state index in [4.69, 9.17) is 9.47 Å². The average molecular weight is 235 g/mol. The Morgan fingerprint density at radius 2 is 2.06 bits per heavy atom. The van der Waals surface area contributed by atoms with Crippen molar-refractivity contribution in [2.24, 2.45) is 0 Å². The SMILES string of the molecule is CC(NCc1ccccc1)[C@H]1COC(C)(C)O1. The molecule has 1 N–H and O–H groups in total. The lowest BCUT2D eigenvalue weighted by molar-refractivity contribution is -0.141. The van der Waals surface area contributed by atoms with E-state index in [-0.39, 0.29) is 12.1 Å². The van der Waals surface area contributed by atoms with Crippen LogP contribution in [0.2, 0.25) is 0 Å². The second-order valence-corrected chi connectivity index (χ2v) is 5.02. The summed E-state index contributed by atoms with van der Waals surface area (Å²) in [4.78, 5) is 0. The summed E-state index contributed by atoms with van der Waals surface area (Å²) in [7, 11) is 0. The Kier molecular flexibility index (Phi) is 3.82. The fourth-order valence-electron chi connectivity index (χ4n) is 1.97. The van der Waals surface area contributed by atoms with Gasteiger partial charge < -0.3 is 14.8 Å². The van der Waals surface area contributed by atoms with E-state index >= 15 is 0 Å². The number of benzene rings is 1. The molecule has 0 aliphatic carbocycles. The maximum absolute atomic E-state index is 5.81. The van der Waals surface area contributed by atoms with Gasteiger partial charge in [-0.1, -0.05) is 30.3 Å². The molecule has 0 radical (unpaired) electrons. The molecule has 1 aliphatic rings. The number of ether oxygens (including phenoxy) is 2. The molecule has 0 amide bonds. The van der Waals surface area contributed by atoms with Gasteiger partial charge in [0.25, 0.3) is 0 Å². The molecule has 0 saturated carbocycles. The lowest BCUT2D eigenvalue weighted by Gasteiger charge is -2.22. The fourth-order valence-corrected chi connectivity index (χ4v) is 1.97. The first kappa shape index (κ1) is 12.6. The van der Waals surface area contributed by atoms with Crippen LogP contribution >= 0.6 is 0 Å². The van der Waals surface area contributed by atoms with Crippen LogP contribution in [0.5, 0.6) is 0 Å². The molecule has 2 rings (SSSR count). The van der Waals surface area contributed by atoms with Crippen molar-refractivity contribution < 1.29 is 9.47 Å². The van der Waals surface area contributed by atoms with E-state index < -0.39 is 5.79 Å². The van der Waals surface area contributed by atoms with Gasteiger partial charge in [0, 0.05) is 12.6 Å². The summed E-state index contributed by atoms with van der Waals surface area (Å²) >= 11 is 0. The highest BCUT2D eigenvalue weighted by Gasteiger charge is 2.35. The monoisotopic (exact) mass is 235 g/mol. The minimum absolute atomic E-state index is 0.133. The predicted molar refractivity (Wildman–Crippen MR) is 67.6 cm³/mol. The highest BCUT2D eigenvalue weighted by molar-refractivity contribution is 5.14. The highest BCUT2D eigenvalue weighted by atomic mass is 16.7. The third-order valence-electron chi connectivity index (χ3n) is 3.06. The molecule has 1 aromatic carbocycles. The molecule has 0 spiro atoms. The molecule has 3 heteroatoms. The van der Waals surface area contributed by atoms with Gasteiger partial charge >= 0.3 is 0 Å². The van der Waals surface area contributed by atoms with Crippen LogP contribution in [0, 0.1) is 0 Å². The Hall–Kier alpha value is -0.900. The molecule has 1 unspecified atom stereocenters. The summed E-state index contributed by atoms with van der Waals surface area (Å²) in [6, 6.07) is 10.7. The normalized spacial score (nSPS) is 24.8. The first-order chi connectivity index (χ1) is 8.07. The lowest BCUT2D eigenvalue weighted by atomic mass is 10.1. The van der Waals surface area contributed by atoms with Crippen molar-refractivity contribution >= 4 is 0 Å². The number of rotatable bonds is 4. The summed E-state index contributed by atoms with van der Waals surface area (Å²) in [6.07, 6.45) is 0.133. The van der Waals surface area contributed by atoms with E-state index in [0.717, 1.165) is 6.54 Å². The topological polar surface area (TPSA) is 30.5 Å². The third kappa shape index (κ3) is 3.53. The van der Waals surface area contributed by atoms with Crippen molar-refractivity contribution in [3.63, 3.8) is 0 Å². The van der Waals surface area contributed by atoms with Gasteiger partial charge in [-0.2, -0.15) is 0 Å². The number of hydrogen-bond acceptors (Lipinski definition) is 3. The zero-order valence-corrected chi connectivity index (χ0v) is 10.8. The largest absolute Gasteiger partial charge is 0.348 e. The van der Waals surface area contributed by atoms with Crippen LogP contribution < -0.4 is 5.32 Å². The molecular formula is C14H21NO2. The second-order valence-electron chi connectivity index (χ2n) is 5.02. The van der Waals surface area contributed by atoms with Crippen LogP contribution in [0.15, 0.2) is 30.3 Å². The first-order valence-corrected chi connectivity index (χ1v) is 6.16. The maximum Gasteiger partial charge on any atom is 0.163 e. The van der Waals surface area contributed by atoms with E-state index in [1.165, 1.54) is 5.56 Å². The van der Waals surface area contributed by atoms with E-state index in [9.17, 15) is 0 Å². The van der Waals surface area contributed by atoms with Crippen molar-refractivity contribution in [2.45, 2.75) is 45.2 Å². The van der Waals surface area contributed by atoms with Crippen LogP contribution in [0.3, 0.4) is 0 Å². The van der Waals surface area contributed by atoms with Crippen molar-refractivity contribution in [3.8, 4) is 0 Å². The summed E-state index contributed by atoms with van der Waals surface area (Å²) in [5.74, 6) is -0.437. The molecule has 1 aromatic rings. The fraction of sp³-hybridized carbons (Fsp3) is 0.571. The first-order valence-electron chi connectivity index (χ1n) is 6.16. The van der Waals surface area contributed by atoms with Gasteiger partial charge in [-0.05, 0) is 26.3 Å². The van der Waals surface area contributed by atoms with Gasteiger partial charge in [-0.3, -0.25) is 0 Å². The molecule has 94 valence electrons. The Morgan fingerprint density at radius 3 is 2.65 bits per heavy atom. The van der Waals surface area contributed by atoms with Crippen LogP contribution in [0.4, 0.5) is 0 Å². The molecule has 1 saturated heterocycles. The summed E-state index contributed by atoms with van der Waals surface area (Å²) in [6.45, 7) is 7.57. The van der Waals surface area contributed by atoms with Gasteiger partial charge in [-0.15, -0.1) is 0 Å². The van der Waals surface area contributed by atoms with Gasteiger partial charge in [0.15, 0.2) is 5.79 Å². The van der Waals surface area contributed by atoms with Gasteiger partial charge in [-0.25, -0.2) is 0 Å². The summed E-state index contributed by atoms with van der Waals surface area (Å²) in [5, 5.41) is 3.47. The minimum Gasteiger partial charge on any atom is -0.348 e. The smallest absolute Gasteiger partial charge is 0.163 e. The predicted octanol–water partition coefficient (Wildman–Crippen LogP) is 2.32. The maximum atomic E-state index is 5.81. The molecule has 1 heterocycles. The van der Waals surface area contributed by atoms with Gasteiger partial charge in [0.2, 0.25) is 0 Å². The van der Waals surface area contributed by atoms with Crippen molar-refractivity contribution in [1.82, 2.24) is 5.32 Å². The second kappa shape index (κ2) is 5.17. The van der Waals surface area contributed by atoms with Gasteiger partial charge in [0.05, 0.1) is 12.7 Å². The molecule has 1 aliphatic heterocycles. The van der Waals surface area contributed by atoms with Crippen LogP contribution in [0.1, 0.15) is 26.3 Å². The zero-order valence-electron chi connectivity index (χ0n) is 10.8. The number of hydrogen-bond donors (Lipinski definition) is 1. The molecule has 0 aromatic heterocycles. The van der Waals surface area contributed by atoms with Gasteiger partial charge in [0.1, 0.15) is 0 Å². The van der Waals surface area contributed by atoms with Crippen LogP contribution in [-0.4, -0.2) is 24.5 Å². The molecule has 0 bridgehead atoms. The molecule has 1 fully saturated rings. The summed E-state index contributed by atoms with van der Waals surface area (Å²) < 4.78 is 11.4. The molecular weight excluding hydrogens is 214 g/mol. The lowest BCUT2D eigenvalue weighted by Crippen LogP contribution is -2.39. The van der Waals surface area contributed by atoms with E-state index in [1.54, 1.807) is 0 Å². The quantitative estimate of drug-likeness (QED) is 0.868. The molecule has 3 nitrogen and oxygen atoms in total. The van der Waals surface area contributed by atoms with Crippen molar-refractivity contribution in [2.75, 3.05) is 6.61 Å². The standard InChI is InChI=1S/C14H21NO2/c1-11(13-10-16-14(2,3)17-13)15-9-12-7-5-4-6-8-12/h4-8,11,13,15H,9-10H2,1-3H3/t11?,13-/m1/s1. The zero-order chi connectivity index (χ0) is 12.3. The summed E-state index contributed by atoms with van der Waals surface area (Å²) in [5.41, 5.74) is 1.29. The Balaban J connectivity index is 1.80. The van der Waals surface area contributed by atoms with E-state index in [1.807, 2.05) is 19.9 Å². The Morgan fingerprint density at radius 1 is 1.35 bits per heavy atom. The molecule has 17 heavy (non-hydrogen) atoms. The Bertz CT molecular complexity index is 350. The van der Waals surface area contributed by atoms with Crippen molar-refractivity contribution in [1.29, 1.82) is 0 Å². The van der Waals surface area contributed by atoms with Crippen LogP contribution in [0.25, 0.3) is 0 Å². The Labute approximate surface area is 103 Å². The molecule has 2 atom stereocenters. The third-order valence-corrected chi connectivity index (χ3v) is 3.06. The number of nitrogens with one attached hydrogen (secondary N) is 1. The van der Waals surface area contributed by atoms with E-state index in [0.29, 0.717) is 6.61 Å². The van der Waals surface area contributed by atoms with E-state index in [2.05, 4.69) is 36.5 Å². The highest BCUT2D eigenvalue weighted by Crippen LogP contribution is 2.24. The average Bonchev–Trinajstić information content (AvgIpc) is 2.68.